The van der Waals surface area contributed by atoms with Crippen LogP contribution in [-0.4, -0.2) is 41.9 Å². The van der Waals surface area contributed by atoms with Crippen molar-refractivity contribution in [3.05, 3.63) is 23.4 Å². The number of hydrogen-bond donors (Lipinski definition) is 1. The van der Waals surface area contributed by atoms with E-state index in [1.54, 1.807) is 12.1 Å². The van der Waals surface area contributed by atoms with Crippen molar-refractivity contribution in [2.24, 2.45) is 0 Å². The summed E-state index contributed by atoms with van der Waals surface area (Å²) in [5.74, 6) is -0.152. The van der Waals surface area contributed by atoms with Crippen molar-refractivity contribution < 1.29 is 14.6 Å². The normalized spacial score (nSPS) is 19.5. The van der Waals surface area contributed by atoms with Gasteiger partial charge in [-0.15, -0.1) is 0 Å². The van der Waals surface area contributed by atoms with Gasteiger partial charge in [-0.1, -0.05) is 13.3 Å². The maximum absolute atomic E-state index is 11.2. The minimum atomic E-state index is -0.901. The van der Waals surface area contributed by atoms with Crippen molar-refractivity contribution in [1.82, 2.24) is 4.98 Å². The summed E-state index contributed by atoms with van der Waals surface area (Å²) in [4.78, 5) is 17.9. The number of carboxylic acid groups (broad SMARTS) is 1. The van der Waals surface area contributed by atoms with Crippen LogP contribution in [-0.2, 0) is 11.2 Å². The van der Waals surface area contributed by atoms with Crippen molar-refractivity contribution in [3.63, 3.8) is 0 Å². The number of pyridine rings is 1. The van der Waals surface area contributed by atoms with Crippen molar-refractivity contribution in [2.45, 2.75) is 32.7 Å². The third kappa shape index (κ3) is 3.23. The van der Waals surface area contributed by atoms with Gasteiger partial charge in [0.1, 0.15) is 5.82 Å². The van der Waals surface area contributed by atoms with Gasteiger partial charge in [0.25, 0.3) is 0 Å². The van der Waals surface area contributed by atoms with Crippen molar-refractivity contribution in [2.75, 3.05) is 24.7 Å². The molecule has 2 heterocycles. The van der Waals surface area contributed by atoms with Gasteiger partial charge in [-0.2, -0.15) is 0 Å². The minimum Gasteiger partial charge on any atom is -0.478 e. The Morgan fingerprint density at radius 2 is 2.37 bits per heavy atom. The molecule has 1 aromatic heterocycles. The molecular weight excluding hydrogens is 244 g/mol. The molecule has 1 fully saturated rings. The van der Waals surface area contributed by atoms with Crippen LogP contribution in [0.1, 0.15) is 36.3 Å². The van der Waals surface area contributed by atoms with Crippen LogP contribution < -0.4 is 4.90 Å². The Labute approximate surface area is 113 Å². The molecule has 1 aliphatic heterocycles. The summed E-state index contributed by atoms with van der Waals surface area (Å²) in [6, 6.07) is 3.55. The summed E-state index contributed by atoms with van der Waals surface area (Å²) < 4.78 is 5.40. The van der Waals surface area contributed by atoms with Gasteiger partial charge in [0.05, 0.1) is 24.8 Å². The van der Waals surface area contributed by atoms with E-state index in [0.717, 1.165) is 30.9 Å². The van der Waals surface area contributed by atoms with E-state index in [1.165, 1.54) is 0 Å². The Kier molecular flexibility index (Phi) is 4.37. The molecule has 2 rings (SSSR count). The van der Waals surface area contributed by atoms with Crippen LogP contribution in [0.3, 0.4) is 0 Å². The maximum Gasteiger partial charge on any atom is 0.335 e. The Bertz CT molecular complexity index is 462. The first kappa shape index (κ1) is 13.8. The van der Waals surface area contributed by atoms with Crippen molar-refractivity contribution >= 4 is 11.8 Å². The molecule has 0 bridgehead atoms. The van der Waals surface area contributed by atoms with Crippen LogP contribution in [0, 0.1) is 0 Å². The average molecular weight is 264 g/mol. The third-order valence-corrected chi connectivity index (χ3v) is 3.28. The molecule has 5 heteroatoms. The van der Waals surface area contributed by atoms with Crippen molar-refractivity contribution in [1.29, 1.82) is 0 Å². The molecule has 0 amide bonds. The fourth-order valence-corrected chi connectivity index (χ4v) is 2.29. The standard InChI is InChI=1S/C14H20N2O3/c1-3-4-12-7-11(14(17)18)8-13(15-12)16-5-6-19-9-10(16)2/h7-8,10H,3-6,9H2,1-2H3,(H,17,18). The highest BCUT2D eigenvalue weighted by atomic mass is 16.5. The second kappa shape index (κ2) is 6.02. The summed E-state index contributed by atoms with van der Waals surface area (Å²) in [5, 5.41) is 9.20. The van der Waals surface area contributed by atoms with E-state index in [4.69, 9.17) is 4.74 Å². The van der Waals surface area contributed by atoms with E-state index < -0.39 is 5.97 Å². The van der Waals surface area contributed by atoms with Crippen LogP contribution in [0.2, 0.25) is 0 Å². The second-order valence-electron chi connectivity index (χ2n) is 4.88. The predicted molar refractivity (Wildman–Crippen MR) is 72.8 cm³/mol. The fraction of sp³-hybridized carbons (Fsp3) is 0.571. The van der Waals surface area contributed by atoms with E-state index in [2.05, 4.69) is 23.7 Å². The van der Waals surface area contributed by atoms with Gasteiger partial charge in [0.15, 0.2) is 0 Å². The lowest BCUT2D eigenvalue weighted by molar-refractivity contribution is 0.0696. The summed E-state index contributed by atoms with van der Waals surface area (Å²) >= 11 is 0. The lowest BCUT2D eigenvalue weighted by Gasteiger charge is -2.34. The Morgan fingerprint density at radius 1 is 1.58 bits per heavy atom. The van der Waals surface area contributed by atoms with Gasteiger partial charge >= 0.3 is 5.97 Å². The van der Waals surface area contributed by atoms with Gasteiger partial charge in [-0.3, -0.25) is 0 Å². The number of hydrogen-bond acceptors (Lipinski definition) is 4. The van der Waals surface area contributed by atoms with Gasteiger partial charge in [-0.05, 0) is 25.5 Å². The molecule has 104 valence electrons. The molecule has 0 aliphatic carbocycles. The number of ether oxygens (including phenoxy) is 1. The predicted octanol–water partition coefficient (Wildman–Crippen LogP) is 1.96. The lowest BCUT2D eigenvalue weighted by Crippen LogP contribution is -2.44. The highest BCUT2D eigenvalue weighted by molar-refractivity contribution is 5.88. The number of carbonyl (C=O) groups is 1. The van der Waals surface area contributed by atoms with Crippen LogP contribution in [0.15, 0.2) is 12.1 Å². The topological polar surface area (TPSA) is 62.7 Å². The highest BCUT2D eigenvalue weighted by Crippen LogP contribution is 2.20. The molecule has 0 aromatic carbocycles. The fourth-order valence-electron chi connectivity index (χ4n) is 2.29. The van der Waals surface area contributed by atoms with Crippen LogP contribution >= 0.6 is 0 Å². The average Bonchev–Trinajstić information content (AvgIpc) is 2.39. The van der Waals surface area contributed by atoms with E-state index in [1.807, 2.05) is 0 Å². The molecule has 1 atom stereocenters. The molecule has 1 aliphatic rings. The largest absolute Gasteiger partial charge is 0.478 e. The van der Waals surface area contributed by atoms with Crippen molar-refractivity contribution in [3.8, 4) is 0 Å². The van der Waals surface area contributed by atoms with E-state index in [9.17, 15) is 9.90 Å². The number of aryl methyl sites for hydroxylation is 1. The zero-order valence-electron chi connectivity index (χ0n) is 11.4. The summed E-state index contributed by atoms with van der Waals surface area (Å²) in [6.45, 7) is 6.19. The quantitative estimate of drug-likeness (QED) is 0.900. The smallest absolute Gasteiger partial charge is 0.335 e. The molecule has 19 heavy (non-hydrogen) atoms. The van der Waals surface area contributed by atoms with Crippen LogP contribution in [0.5, 0.6) is 0 Å². The second-order valence-corrected chi connectivity index (χ2v) is 4.88. The monoisotopic (exact) mass is 264 g/mol. The zero-order valence-corrected chi connectivity index (χ0v) is 11.4. The third-order valence-electron chi connectivity index (χ3n) is 3.28. The van der Waals surface area contributed by atoms with Gasteiger partial charge in [0.2, 0.25) is 0 Å². The number of aromatic nitrogens is 1. The van der Waals surface area contributed by atoms with Crippen LogP contribution in [0.25, 0.3) is 0 Å². The summed E-state index contributed by atoms with van der Waals surface area (Å²) in [6.07, 6.45) is 1.75. The molecule has 0 radical (unpaired) electrons. The SMILES string of the molecule is CCCc1cc(C(=O)O)cc(N2CCOCC2C)n1. The molecule has 1 unspecified atom stereocenters. The van der Waals surface area contributed by atoms with Crippen LogP contribution in [0.4, 0.5) is 5.82 Å². The maximum atomic E-state index is 11.2. The minimum absolute atomic E-state index is 0.222. The Morgan fingerprint density at radius 3 is 3.00 bits per heavy atom. The summed E-state index contributed by atoms with van der Waals surface area (Å²) in [7, 11) is 0. The first-order valence-electron chi connectivity index (χ1n) is 6.70. The van der Waals surface area contributed by atoms with Gasteiger partial charge < -0.3 is 14.7 Å². The number of morpholine rings is 1. The zero-order chi connectivity index (χ0) is 13.8. The highest BCUT2D eigenvalue weighted by Gasteiger charge is 2.21. The molecule has 0 spiro atoms. The number of carboxylic acids is 1. The summed E-state index contributed by atoms with van der Waals surface area (Å²) in [5.41, 5.74) is 1.16. The number of nitrogens with zero attached hydrogens (tertiary/aromatic N) is 2. The molecular formula is C14H20N2O3. The van der Waals surface area contributed by atoms with E-state index in [-0.39, 0.29) is 6.04 Å². The number of aromatic carboxylic acids is 1. The number of anilines is 1. The molecule has 1 saturated heterocycles. The molecule has 1 aromatic rings. The Hall–Kier alpha value is -1.62. The van der Waals surface area contributed by atoms with Gasteiger partial charge in [-0.25, -0.2) is 9.78 Å². The first-order chi connectivity index (χ1) is 9.11. The lowest BCUT2D eigenvalue weighted by atomic mass is 10.1. The molecule has 5 nitrogen and oxygen atoms in total. The molecule has 1 N–H and O–H groups in total. The first-order valence-corrected chi connectivity index (χ1v) is 6.70. The number of rotatable bonds is 4. The van der Waals surface area contributed by atoms with E-state index in [0.29, 0.717) is 18.8 Å². The van der Waals surface area contributed by atoms with Gasteiger partial charge in [0, 0.05) is 12.2 Å². The Balaban J connectivity index is 2.34. The molecule has 0 saturated carbocycles. The van der Waals surface area contributed by atoms with E-state index >= 15 is 0 Å².